The second-order valence-corrected chi connectivity index (χ2v) is 5.45. The molecule has 0 aliphatic rings. The van der Waals surface area contributed by atoms with Crippen LogP contribution < -0.4 is 0 Å². The summed E-state index contributed by atoms with van der Waals surface area (Å²) >= 11 is 0. The fourth-order valence-corrected chi connectivity index (χ4v) is 2.06. The zero-order valence-corrected chi connectivity index (χ0v) is 12.1. The van der Waals surface area contributed by atoms with Gasteiger partial charge in [-0.2, -0.15) is 0 Å². The van der Waals surface area contributed by atoms with Crippen molar-refractivity contribution in [2.45, 2.75) is 6.92 Å². The molecule has 0 atom stereocenters. The lowest BCUT2D eigenvalue weighted by Gasteiger charge is -2.23. The monoisotopic (exact) mass is 248 g/mol. The van der Waals surface area contributed by atoms with Crippen LogP contribution in [0.5, 0.6) is 0 Å². The molecule has 0 aliphatic heterocycles. The Labute approximate surface area is 110 Å². The zero-order chi connectivity index (χ0) is 13.7. The minimum Gasteiger partial charge on any atom is -0.309 e. The number of aryl methyl sites for hydroxylation is 1. The first-order valence-corrected chi connectivity index (χ1v) is 6.30. The molecule has 1 rings (SSSR count). The Morgan fingerprint density at radius 2 is 1.44 bits per heavy atom. The average molecular weight is 248 g/mol. The Balaban J connectivity index is 2.83. The van der Waals surface area contributed by atoms with Crippen LogP contribution in [0.4, 0.5) is 0 Å². The normalized spacial score (nSPS) is 11.6. The standard InChI is InChI=1S/C15H24N2O/c1-12-6-8-13(9-7-12)15(18)14(10-16(2)3)11-17(4)5/h6-9,14H,10-11H2,1-5H3. The zero-order valence-electron chi connectivity index (χ0n) is 12.1. The molecule has 0 spiro atoms. The predicted molar refractivity (Wildman–Crippen MR) is 76.1 cm³/mol. The van der Waals surface area contributed by atoms with E-state index in [-0.39, 0.29) is 11.7 Å². The number of nitrogens with zero attached hydrogens (tertiary/aromatic N) is 2. The summed E-state index contributed by atoms with van der Waals surface area (Å²) in [4.78, 5) is 16.6. The van der Waals surface area contributed by atoms with Crippen molar-refractivity contribution in [1.29, 1.82) is 0 Å². The van der Waals surface area contributed by atoms with Gasteiger partial charge in [-0.25, -0.2) is 0 Å². The molecule has 1 aromatic carbocycles. The molecule has 3 nitrogen and oxygen atoms in total. The molecule has 3 heteroatoms. The van der Waals surface area contributed by atoms with Crippen LogP contribution in [-0.2, 0) is 0 Å². The van der Waals surface area contributed by atoms with Crippen LogP contribution in [-0.4, -0.2) is 56.9 Å². The fourth-order valence-electron chi connectivity index (χ4n) is 2.06. The number of carbonyl (C=O) groups is 1. The summed E-state index contributed by atoms with van der Waals surface area (Å²) in [5.74, 6) is 0.259. The van der Waals surface area contributed by atoms with E-state index in [1.807, 2.05) is 59.4 Å². The van der Waals surface area contributed by atoms with Gasteiger partial charge in [0.25, 0.3) is 0 Å². The first-order valence-electron chi connectivity index (χ1n) is 6.30. The Morgan fingerprint density at radius 3 is 1.83 bits per heavy atom. The molecule has 1 aromatic rings. The summed E-state index contributed by atoms with van der Waals surface area (Å²) in [6, 6.07) is 7.84. The van der Waals surface area contributed by atoms with Gasteiger partial charge in [0.1, 0.15) is 0 Å². The van der Waals surface area contributed by atoms with Gasteiger partial charge in [0.2, 0.25) is 0 Å². The van der Waals surface area contributed by atoms with Gasteiger partial charge >= 0.3 is 0 Å². The van der Waals surface area contributed by atoms with Crippen LogP contribution in [0.2, 0.25) is 0 Å². The number of rotatable bonds is 6. The summed E-state index contributed by atoms with van der Waals surface area (Å²) in [5, 5.41) is 0. The molecule has 0 fully saturated rings. The second-order valence-electron chi connectivity index (χ2n) is 5.45. The topological polar surface area (TPSA) is 23.6 Å². The number of benzene rings is 1. The van der Waals surface area contributed by atoms with Gasteiger partial charge in [-0.1, -0.05) is 29.8 Å². The van der Waals surface area contributed by atoms with E-state index in [1.165, 1.54) is 5.56 Å². The van der Waals surface area contributed by atoms with Crippen molar-refractivity contribution in [3.05, 3.63) is 35.4 Å². The van der Waals surface area contributed by atoms with Gasteiger partial charge in [0.05, 0.1) is 0 Å². The number of carbonyl (C=O) groups excluding carboxylic acids is 1. The minimum atomic E-state index is 0.0257. The highest BCUT2D eigenvalue weighted by atomic mass is 16.1. The number of ketones is 1. The van der Waals surface area contributed by atoms with Crippen molar-refractivity contribution < 1.29 is 4.79 Å². The van der Waals surface area contributed by atoms with E-state index in [9.17, 15) is 4.79 Å². The quantitative estimate of drug-likeness (QED) is 0.719. The summed E-state index contributed by atoms with van der Waals surface area (Å²) in [7, 11) is 8.02. The molecule has 0 unspecified atom stereocenters. The summed E-state index contributed by atoms with van der Waals surface area (Å²) in [6.45, 7) is 3.60. The number of hydrogen-bond donors (Lipinski definition) is 0. The Hall–Kier alpha value is -1.19. The van der Waals surface area contributed by atoms with E-state index >= 15 is 0 Å². The van der Waals surface area contributed by atoms with Gasteiger partial charge in [-0.3, -0.25) is 4.79 Å². The largest absolute Gasteiger partial charge is 0.309 e. The van der Waals surface area contributed by atoms with E-state index in [1.54, 1.807) is 0 Å². The maximum Gasteiger partial charge on any atom is 0.168 e. The molecule has 0 radical (unpaired) electrons. The molecule has 18 heavy (non-hydrogen) atoms. The van der Waals surface area contributed by atoms with Crippen molar-refractivity contribution in [2.24, 2.45) is 5.92 Å². The maximum atomic E-state index is 12.5. The SMILES string of the molecule is Cc1ccc(C(=O)C(CN(C)C)CN(C)C)cc1. The minimum absolute atomic E-state index is 0.0257. The molecule has 0 saturated carbocycles. The van der Waals surface area contributed by atoms with Crippen LogP contribution in [0.3, 0.4) is 0 Å². The molecule has 0 N–H and O–H groups in total. The number of Topliss-reactive ketones (excluding diaryl/α,β-unsaturated/α-hetero) is 1. The van der Waals surface area contributed by atoms with Crippen LogP contribution in [0.25, 0.3) is 0 Å². The van der Waals surface area contributed by atoms with Crippen molar-refractivity contribution in [1.82, 2.24) is 9.80 Å². The van der Waals surface area contributed by atoms with Gasteiger partial charge in [0.15, 0.2) is 5.78 Å². The van der Waals surface area contributed by atoms with Gasteiger partial charge < -0.3 is 9.80 Å². The third-order valence-electron chi connectivity index (χ3n) is 2.88. The van der Waals surface area contributed by atoms with E-state index < -0.39 is 0 Å². The first-order chi connectivity index (χ1) is 8.40. The molecule has 0 saturated heterocycles. The van der Waals surface area contributed by atoms with Gasteiger partial charge in [-0.15, -0.1) is 0 Å². The lowest BCUT2D eigenvalue weighted by atomic mass is 9.96. The Bertz CT molecular complexity index is 372. The molecule has 0 aromatic heterocycles. The smallest absolute Gasteiger partial charge is 0.168 e. The van der Waals surface area contributed by atoms with Gasteiger partial charge in [-0.05, 0) is 35.1 Å². The maximum absolute atomic E-state index is 12.5. The molecule has 0 amide bonds. The fraction of sp³-hybridized carbons (Fsp3) is 0.533. The van der Waals surface area contributed by atoms with Gasteiger partial charge in [0, 0.05) is 24.6 Å². The number of hydrogen-bond acceptors (Lipinski definition) is 3. The molecule has 0 aliphatic carbocycles. The average Bonchev–Trinajstić information content (AvgIpc) is 2.27. The Kier molecular flexibility index (Phi) is 5.51. The molecule has 100 valence electrons. The second kappa shape index (κ2) is 6.66. The summed E-state index contributed by atoms with van der Waals surface area (Å²) in [6.07, 6.45) is 0. The summed E-state index contributed by atoms with van der Waals surface area (Å²) < 4.78 is 0. The molecule has 0 heterocycles. The van der Waals surface area contributed by atoms with E-state index in [4.69, 9.17) is 0 Å². The van der Waals surface area contributed by atoms with Crippen molar-refractivity contribution in [3.63, 3.8) is 0 Å². The highest BCUT2D eigenvalue weighted by Crippen LogP contribution is 2.12. The predicted octanol–water partition coefficient (Wildman–Crippen LogP) is 1.92. The van der Waals surface area contributed by atoms with Crippen molar-refractivity contribution in [2.75, 3.05) is 41.3 Å². The third kappa shape index (κ3) is 4.59. The van der Waals surface area contributed by atoms with Crippen LogP contribution in [0, 0.1) is 12.8 Å². The first kappa shape index (κ1) is 14.9. The van der Waals surface area contributed by atoms with Crippen LogP contribution in [0.15, 0.2) is 24.3 Å². The van der Waals surface area contributed by atoms with Crippen molar-refractivity contribution >= 4 is 5.78 Å². The van der Waals surface area contributed by atoms with E-state index in [0.717, 1.165) is 18.7 Å². The van der Waals surface area contributed by atoms with Crippen molar-refractivity contribution in [3.8, 4) is 0 Å². The highest BCUT2D eigenvalue weighted by Gasteiger charge is 2.21. The molecule has 0 bridgehead atoms. The van der Waals surface area contributed by atoms with E-state index in [0.29, 0.717) is 0 Å². The lowest BCUT2D eigenvalue weighted by Crippen LogP contribution is -2.35. The lowest BCUT2D eigenvalue weighted by molar-refractivity contribution is 0.0871. The molecular formula is C15H24N2O. The van der Waals surface area contributed by atoms with Crippen LogP contribution in [0.1, 0.15) is 15.9 Å². The molecular weight excluding hydrogens is 224 g/mol. The Morgan fingerprint density at radius 1 is 1.00 bits per heavy atom. The van der Waals surface area contributed by atoms with E-state index in [2.05, 4.69) is 9.80 Å². The van der Waals surface area contributed by atoms with Crippen LogP contribution >= 0.6 is 0 Å². The third-order valence-corrected chi connectivity index (χ3v) is 2.88. The summed E-state index contributed by atoms with van der Waals surface area (Å²) in [5.41, 5.74) is 2.00. The highest BCUT2D eigenvalue weighted by molar-refractivity contribution is 5.98.